The van der Waals surface area contributed by atoms with Gasteiger partial charge in [-0.2, -0.15) is 5.26 Å². The first-order valence-electron chi connectivity index (χ1n) is 8.71. The van der Waals surface area contributed by atoms with E-state index < -0.39 is 0 Å². The van der Waals surface area contributed by atoms with Crippen molar-refractivity contribution >= 4 is 5.91 Å². The number of hydrogen-bond acceptors (Lipinski definition) is 4. The number of ether oxygens (including phenoxy) is 1. The van der Waals surface area contributed by atoms with E-state index in [0.717, 1.165) is 31.9 Å². The zero-order chi connectivity index (χ0) is 17.4. The maximum absolute atomic E-state index is 11.7. The van der Waals surface area contributed by atoms with Gasteiger partial charge >= 0.3 is 0 Å². The molecule has 24 heavy (non-hydrogen) atoms. The second-order valence-corrected chi connectivity index (χ2v) is 6.69. The maximum atomic E-state index is 11.7. The van der Waals surface area contributed by atoms with Gasteiger partial charge in [0.2, 0.25) is 5.91 Å². The third kappa shape index (κ3) is 5.86. The fourth-order valence-electron chi connectivity index (χ4n) is 2.89. The highest BCUT2D eigenvalue weighted by Crippen LogP contribution is 2.16. The minimum atomic E-state index is 0.0468. The van der Waals surface area contributed by atoms with Gasteiger partial charge < -0.3 is 10.1 Å². The first kappa shape index (κ1) is 18.3. The Labute approximate surface area is 144 Å². The summed E-state index contributed by atoms with van der Waals surface area (Å²) in [5, 5.41) is 11.8. The number of piperidine rings is 1. The molecule has 1 aromatic carbocycles. The van der Waals surface area contributed by atoms with Crippen LogP contribution in [0.15, 0.2) is 24.3 Å². The van der Waals surface area contributed by atoms with Gasteiger partial charge in [0.05, 0.1) is 11.6 Å². The minimum Gasteiger partial charge on any atom is -0.492 e. The molecule has 1 aromatic rings. The Bertz CT molecular complexity index is 563. The third-order valence-electron chi connectivity index (χ3n) is 4.35. The van der Waals surface area contributed by atoms with Gasteiger partial charge in [-0.15, -0.1) is 0 Å². The fraction of sp³-hybridized carbons (Fsp3) is 0.579. The smallest absolute Gasteiger partial charge is 0.222 e. The lowest BCUT2D eigenvalue weighted by Gasteiger charge is -2.32. The first-order valence-corrected chi connectivity index (χ1v) is 8.71. The molecule has 0 aliphatic carbocycles. The molecule has 1 aliphatic rings. The van der Waals surface area contributed by atoms with Crippen molar-refractivity contribution in [2.75, 3.05) is 32.8 Å². The van der Waals surface area contributed by atoms with Crippen molar-refractivity contribution in [2.45, 2.75) is 26.7 Å². The lowest BCUT2D eigenvalue weighted by Crippen LogP contribution is -2.43. The summed E-state index contributed by atoms with van der Waals surface area (Å²) in [6.45, 7) is 8.22. The Morgan fingerprint density at radius 1 is 1.42 bits per heavy atom. The standard InChI is InChI=1S/C19H27N3O2/c1-15(2)19(23)21-13-17-4-3-9-22(14-17)10-11-24-18-7-5-16(12-20)6-8-18/h5-8,15,17H,3-4,9-11,13-14H2,1-2H3,(H,21,23)/t17-/m1/s1. The van der Waals surface area contributed by atoms with Crippen molar-refractivity contribution in [3.63, 3.8) is 0 Å². The Morgan fingerprint density at radius 2 is 2.17 bits per heavy atom. The summed E-state index contributed by atoms with van der Waals surface area (Å²) in [4.78, 5) is 14.1. The molecule has 1 amide bonds. The molecular weight excluding hydrogens is 302 g/mol. The first-order chi connectivity index (χ1) is 11.6. The Balaban J connectivity index is 1.68. The largest absolute Gasteiger partial charge is 0.492 e. The summed E-state index contributed by atoms with van der Waals surface area (Å²) in [6, 6.07) is 9.30. The van der Waals surface area contributed by atoms with E-state index in [2.05, 4.69) is 16.3 Å². The molecule has 5 heteroatoms. The number of hydrogen-bond donors (Lipinski definition) is 1. The summed E-state index contributed by atoms with van der Waals surface area (Å²) >= 11 is 0. The minimum absolute atomic E-state index is 0.0468. The summed E-state index contributed by atoms with van der Waals surface area (Å²) in [6.07, 6.45) is 2.34. The van der Waals surface area contributed by atoms with Crippen LogP contribution in [-0.2, 0) is 4.79 Å². The SMILES string of the molecule is CC(C)C(=O)NC[C@H]1CCCN(CCOc2ccc(C#N)cc2)C1. The van der Waals surface area contributed by atoms with Crippen LogP contribution in [0.5, 0.6) is 5.75 Å². The number of amides is 1. The molecule has 0 spiro atoms. The molecule has 1 saturated heterocycles. The Hall–Kier alpha value is -2.06. The van der Waals surface area contributed by atoms with Crippen molar-refractivity contribution < 1.29 is 9.53 Å². The highest BCUT2D eigenvalue weighted by molar-refractivity contribution is 5.77. The van der Waals surface area contributed by atoms with E-state index in [1.165, 1.54) is 12.8 Å². The van der Waals surface area contributed by atoms with Gasteiger partial charge in [0.15, 0.2) is 0 Å². The maximum Gasteiger partial charge on any atom is 0.222 e. The fourth-order valence-corrected chi connectivity index (χ4v) is 2.89. The van der Waals surface area contributed by atoms with Crippen LogP contribution in [-0.4, -0.2) is 43.6 Å². The molecule has 0 saturated carbocycles. The van der Waals surface area contributed by atoms with Crippen molar-refractivity contribution in [3.8, 4) is 11.8 Å². The molecule has 1 aliphatic heterocycles. The summed E-state index contributed by atoms with van der Waals surface area (Å²) in [5.41, 5.74) is 0.643. The van der Waals surface area contributed by atoms with E-state index in [1.54, 1.807) is 12.1 Å². The Morgan fingerprint density at radius 3 is 2.83 bits per heavy atom. The molecule has 2 rings (SSSR count). The number of nitriles is 1. The van der Waals surface area contributed by atoms with Gasteiger partial charge in [0.25, 0.3) is 0 Å². The quantitative estimate of drug-likeness (QED) is 0.834. The van der Waals surface area contributed by atoms with E-state index in [0.29, 0.717) is 18.1 Å². The number of nitrogens with one attached hydrogen (secondary N) is 1. The van der Waals surface area contributed by atoms with E-state index >= 15 is 0 Å². The van der Waals surface area contributed by atoms with Gasteiger partial charge in [-0.3, -0.25) is 9.69 Å². The number of likely N-dealkylation sites (tertiary alicyclic amines) is 1. The predicted molar refractivity (Wildman–Crippen MR) is 93.7 cm³/mol. The monoisotopic (exact) mass is 329 g/mol. The zero-order valence-corrected chi connectivity index (χ0v) is 14.6. The molecule has 1 fully saturated rings. The highest BCUT2D eigenvalue weighted by atomic mass is 16.5. The van der Waals surface area contributed by atoms with Crippen molar-refractivity contribution in [2.24, 2.45) is 11.8 Å². The van der Waals surface area contributed by atoms with Gasteiger partial charge in [0, 0.05) is 25.6 Å². The molecular formula is C19H27N3O2. The zero-order valence-electron chi connectivity index (χ0n) is 14.6. The Kier molecular flexibility index (Phi) is 7.07. The van der Waals surface area contributed by atoms with Gasteiger partial charge in [-0.05, 0) is 49.6 Å². The van der Waals surface area contributed by atoms with Gasteiger partial charge in [-0.25, -0.2) is 0 Å². The molecule has 130 valence electrons. The summed E-state index contributed by atoms with van der Waals surface area (Å²) < 4.78 is 5.75. The average Bonchev–Trinajstić information content (AvgIpc) is 2.60. The van der Waals surface area contributed by atoms with Crippen molar-refractivity contribution in [3.05, 3.63) is 29.8 Å². The molecule has 0 aromatic heterocycles. The number of benzene rings is 1. The summed E-state index contributed by atoms with van der Waals surface area (Å²) in [7, 11) is 0. The molecule has 0 unspecified atom stereocenters. The van der Waals surface area contributed by atoms with Crippen LogP contribution in [0, 0.1) is 23.2 Å². The summed E-state index contributed by atoms with van der Waals surface area (Å²) in [5.74, 6) is 1.50. The predicted octanol–water partition coefficient (Wildman–Crippen LogP) is 2.42. The number of carbonyl (C=O) groups is 1. The number of nitrogens with zero attached hydrogens (tertiary/aromatic N) is 2. The number of carbonyl (C=O) groups excluding carboxylic acids is 1. The topological polar surface area (TPSA) is 65.4 Å². The molecule has 1 heterocycles. The second-order valence-electron chi connectivity index (χ2n) is 6.69. The molecule has 1 atom stereocenters. The second kappa shape index (κ2) is 9.29. The van der Waals surface area contributed by atoms with E-state index in [-0.39, 0.29) is 11.8 Å². The van der Waals surface area contributed by atoms with E-state index in [9.17, 15) is 4.79 Å². The molecule has 0 bridgehead atoms. The average molecular weight is 329 g/mol. The van der Waals surface area contributed by atoms with Crippen LogP contribution in [0.2, 0.25) is 0 Å². The number of rotatable bonds is 7. The lowest BCUT2D eigenvalue weighted by atomic mass is 9.98. The van der Waals surface area contributed by atoms with Crippen LogP contribution in [0.4, 0.5) is 0 Å². The lowest BCUT2D eigenvalue weighted by molar-refractivity contribution is -0.124. The van der Waals surface area contributed by atoms with Crippen LogP contribution < -0.4 is 10.1 Å². The molecule has 0 radical (unpaired) electrons. The van der Waals surface area contributed by atoms with E-state index in [1.807, 2.05) is 26.0 Å². The molecule has 5 nitrogen and oxygen atoms in total. The van der Waals surface area contributed by atoms with Crippen LogP contribution in [0.3, 0.4) is 0 Å². The van der Waals surface area contributed by atoms with Gasteiger partial charge in [0.1, 0.15) is 12.4 Å². The van der Waals surface area contributed by atoms with Crippen molar-refractivity contribution in [1.82, 2.24) is 10.2 Å². The van der Waals surface area contributed by atoms with Crippen LogP contribution >= 0.6 is 0 Å². The van der Waals surface area contributed by atoms with Crippen molar-refractivity contribution in [1.29, 1.82) is 5.26 Å². The van der Waals surface area contributed by atoms with Crippen LogP contribution in [0.25, 0.3) is 0 Å². The van der Waals surface area contributed by atoms with E-state index in [4.69, 9.17) is 10.00 Å². The third-order valence-corrected chi connectivity index (χ3v) is 4.35. The molecule has 1 N–H and O–H groups in total. The normalized spacial score (nSPS) is 18.2. The van der Waals surface area contributed by atoms with Gasteiger partial charge in [-0.1, -0.05) is 13.8 Å². The van der Waals surface area contributed by atoms with Crippen LogP contribution in [0.1, 0.15) is 32.3 Å². The highest BCUT2D eigenvalue weighted by Gasteiger charge is 2.20.